The molecule has 5 nitrogen and oxygen atoms in total. The zero-order valence-corrected chi connectivity index (χ0v) is 14.2. The van der Waals surface area contributed by atoms with Crippen LogP contribution in [-0.2, 0) is 4.79 Å². The molecule has 2 aromatic carbocycles. The van der Waals surface area contributed by atoms with Crippen molar-refractivity contribution in [2.24, 2.45) is 9.98 Å². The lowest BCUT2D eigenvalue weighted by Crippen LogP contribution is -2.34. The molecule has 0 fully saturated rings. The molecule has 0 atom stereocenters. The normalized spacial score (nSPS) is 16.8. The highest BCUT2D eigenvalue weighted by Crippen LogP contribution is 2.19. The summed E-state index contributed by atoms with van der Waals surface area (Å²) < 4.78 is 0. The van der Waals surface area contributed by atoms with Gasteiger partial charge in [0.15, 0.2) is 0 Å². The first kappa shape index (κ1) is 15.7. The summed E-state index contributed by atoms with van der Waals surface area (Å²) in [7, 11) is 0. The maximum atomic E-state index is 12.5. The van der Waals surface area contributed by atoms with E-state index in [9.17, 15) is 10.0 Å². The van der Waals surface area contributed by atoms with Crippen molar-refractivity contribution in [3.8, 4) is 0 Å². The number of benzene rings is 2. The average Bonchev–Trinajstić information content (AvgIpc) is 2.68. The molecule has 2 aliphatic heterocycles. The Morgan fingerprint density at radius 3 is 2.60 bits per heavy atom. The number of halogens is 1. The van der Waals surface area contributed by atoms with E-state index in [0.717, 1.165) is 10.6 Å². The Labute approximate surface area is 148 Å². The van der Waals surface area contributed by atoms with Gasteiger partial charge in [-0.2, -0.15) is 4.99 Å². The average molecular weight is 352 g/mol. The molecule has 2 aromatic rings. The van der Waals surface area contributed by atoms with Crippen LogP contribution in [0.1, 0.15) is 12.5 Å². The van der Waals surface area contributed by atoms with Crippen LogP contribution in [0.3, 0.4) is 0 Å². The van der Waals surface area contributed by atoms with E-state index in [-0.39, 0.29) is 12.5 Å². The molecule has 124 valence electrons. The van der Waals surface area contributed by atoms with Crippen LogP contribution in [0.15, 0.2) is 58.5 Å². The van der Waals surface area contributed by atoms with Gasteiger partial charge >= 0.3 is 0 Å². The second-order valence-electron chi connectivity index (χ2n) is 5.86. The first-order valence-corrected chi connectivity index (χ1v) is 8.16. The van der Waals surface area contributed by atoms with Crippen molar-refractivity contribution in [1.29, 1.82) is 0 Å². The molecule has 6 heteroatoms. The molecule has 2 heterocycles. The highest BCUT2D eigenvalue weighted by molar-refractivity contribution is 6.47. The molecule has 25 heavy (non-hydrogen) atoms. The Balaban J connectivity index is 2.19. The molecule has 0 spiro atoms. The maximum absolute atomic E-state index is 12.5. The molecule has 1 N–H and O–H groups in total. The third-order valence-electron chi connectivity index (χ3n) is 4.17. The smallest absolute Gasteiger partial charge is 0.281 e. The number of amidine groups is 1. The van der Waals surface area contributed by atoms with Gasteiger partial charge in [-0.3, -0.25) is 10.0 Å². The van der Waals surface area contributed by atoms with E-state index >= 15 is 0 Å². The number of amides is 1. The van der Waals surface area contributed by atoms with Crippen LogP contribution in [0, 0.1) is 0 Å². The highest BCUT2D eigenvalue weighted by Gasteiger charge is 2.27. The van der Waals surface area contributed by atoms with Gasteiger partial charge < -0.3 is 0 Å². The molecule has 0 radical (unpaired) electrons. The van der Waals surface area contributed by atoms with Gasteiger partial charge in [-0.05, 0) is 24.3 Å². The van der Waals surface area contributed by atoms with Gasteiger partial charge in [-0.1, -0.05) is 48.0 Å². The van der Waals surface area contributed by atoms with E-state index < -0.39 is 0 Å². The van der Waals surface area contributed by atoms with Gasteiger partial charge in [0.1, 0.15) is 5.84 Å². The van der Waals surface area contributed by atoms with Crippen molar-refractivity contribution in [2.45, 2.75) is 6.92 Å². The second-order valence-corrected chi connectivity index (χ2v) is 6.30. The van der Waals surface area contributed by atoms with Crippen LogP contribution in [0.4, 0.5) is 0 Å². The first-order chi connectivity index (χ1) is 12.0. The number of nitrogens with zero attached hydrogens (tertiary/aromatic N) is 3. The third kappa shape index (κ3) is 2.67. The molecular formula is C19H14ClN3O2. The largest absolute Gasteiger partial charge is 0.288 e. The summed E-state index contributed by atoms with van der Waals surface area (Å²) >= 11 is 6.20. The predicted octanol–water partition coefficient (Wildman–Crippen LogP) is 1.75. The summed E-state index contributed by atoms with van der Waals surface area (Å²) in [5.74, 6) is 0.0320. The lowest BCUT2D eigenvalue weighted by Gasteiger charge is -2.21. The van der Waals surface area contributed by atoms with E-state index in [2.05, 4.69) is 9.98 Å². The summed E-state index contributed by atoms with van der Waals surface area (Å²) in [4.78, 5) is 20.9. The SMILES string of the molecule is CC1=NC(=O)C2=c3ccc(Cl)cc3=C(c3ccccc3)N(O)CC2=N1. The Morgan fingerprint density at radius 2 is 1.84 bits per heavy atom. The van der Waals surface area contributed by atoms with E-state index in [1.807, 2.05) is 30.3 Å². The minimum Gasteiger partial charge on any atom is -0.288 e. The zero-order valence-electron chi connectivity index (χ0n) is 13.4. The van der Waals surface area contributed by atoms with Crippen molar-refractivity contribution < 1.29 is 10.0 Å². The number of carbonyl (C=O) groups is 1. The van der Waals surface area contributed by atoms with Crippen molar-refractivity contribution in [3.05, 3.63) is 69.6 Å². The molecule has 2 aliphatic rings. The standard InChI is InChI=1S/C19H14ClN3O2/c1-11-21-16-10-23(25)18(12-5-3-2-4-6-12)15-9-13(20)7-8-14(15)17(16)19(24)22-11/h2-9,25H,10H2,1H3. The topological polar surface area (TPSA) is 65.3 Å². The lowest BCUT2D eigenvalue weighted by molar-refractivity contribution is -0.112. The van der Waals surface area contributed by atoms with Gasteiger partial charge in [0.2, 0.25) is 0 Å². The molecule has 0 aliphatic carbocycles. The molecule has 1 amide bonds. The fraction of sp³-hybridized carbons (Fsp3) is 0.105. The number of aliphatic imine (C=N–C) groups is 2. The van der Waals surface area contributed by atoms with Crippen molar-refractivity contribution in [3.63, 3.8) is 0 Å². The number of fused-ring (bicyclic) bond motifs is 2. The Kier molecular flexibility index (Phi) is 3.75. The third-order valence-corrected chi connectivity index (χ3v) is 4.41. The second kappa shape index (κ2) is 5.95. The summed E-state index contributed by atoms with van der Waals surface area (Å²) in [6.07, 6.45) is 0. The van der Waals surface area contributed by atoms with Gasteiger partial charge in [0.05, 0.1) is 23.5 Å². The van der Waals surface area contributed by atoms with Gasteiger partial charge in [-0.15, -0.1) is 0 Å². The van der Waals surface area contributed by atoms with Crippen LogP contribution < -0.4 is 10.4 Å². The number of carbonyl (C=O) groups excluding carboxylic acids is 1. The van der Waals surface area contributed by atoms with Crippen LogP contribution in [0.2, 0.25) is 5.02 Å². The van der Waals surface area contributed by atoms with Crippen molar-refractivity contribution in [2.75, 3.05) is 6.54 Å². The fourth-order valence-electron chi connectivity index (χ4n) is 3.18. The van der Waals surface area contributed by atoms with Gasteiger partial charge in [-0.25, -0.2) is 10.1 Å². The predicted molar refractivity (Wildman–Crippen MR) is 97.1 cm³/mol. The molecular weight excluding hydrogens is 338 g/mol. The van der Waals surface area contributed by atoms with Crippen molar-refractivity contribution >= 4 is 40.3 Å². The maximum Gasteiger partial charge on any atom is 0.281 e. The number of rotatable bonds is 1. The quantitative estimate of drug-likeness (QED) is 0.851. The van der Waals surface area contributed by atoms with E-state index in [1.165, 1.54) is 0 Å². The van der Waals surface area contributed by atoms with Crippen LogP contribution >= 0.6 is 11.6 Å². The van der Waals surface area contributed by atoms with E-state index in [1.54, 1.807) is 25.1 Å². The summed E-state index contributed by atoms with van der Waals surface area (Å²) in [5.41, 5.74) is 2.29. The van der Waals surface area contributed by atoms with Gasteiger partial charge in [0, 0.05) is 15.8 Å². The monoisotopic (exact) mass is 351 g/mol. The molecule has 0 unspecified atom stereocenters. The Bertz CT molecular complexity index is 1070. The summed E-state index contributed by atoms with van der Waals surface area (Å²) in [6.45, 7) is 1.75. The summed E-state index contributed by atoms with van der Waals surface area (Å²) in [6, 6.07) is 14.7. The fourth-order valence-corrected chi connectivity index (χ4v) is 3.35. The molecule has 0 aromatic heterocycles. The Morgan fingerprint density at radius 1 is 1.08 bits per heavy atom. The Hall–Kier alpha value is -2.76. The van der Waals surface area contributed by atoms with Gasteiger partial charge in [0.25, 0.3) is 5.91 Å². The molecule has 0 saturated carbocycles. The first-order valence-electron chi connectivity index (χ1n) is 7.78. The molecule has 0 saturated heterocycles. The number of hydrogen-bond donors (Lipinski definition) is 1. The molecule has 0 bridgehead atoms. The lowest BCUT2D eigenvalue weighted by atomic mass is 10.0. The minimum atomic E-state index is -0.353. The van der Waals surface area contributed by atoms with Crippen LogP contribution in [0.5, 0.6) is 0 Å². The highest BCUT2D eigenvalue weighted by atomic mass is 35.5. The van der Waals surface area contributed by atoms with Crippen molar-refractivity contribution in [1.82, 2.24) is 5.06 Å². The minimum absolute atomic E-state index is 0.0878. The molecule has 4 rings (SSSR count). The summed E-state index contributed by atoms with van der Waals surface area (Å²) in [5, 5.41) is 13.7. The number of hydroxylamine groups is 2. The number of hydrogen-bond acceptors (Lipinski definition) is 4. The van der Waals surface area contributed by atoms with Crippen LogP contribution in [0.25, 0.3) is 11.3 Å². The van der Waals surface area contributed by atoms with E-state index in [0.29, 0.717) is 38.3 Å². The van der Waals surface area contributed by atoms with E-state index in [4.69, 9.17) is 11.6 Å². The van der Waals surface area contributed by atoms with Crippen LogP contribution in [-0.4, -0.2) is 34.3 Å². The zero-order chi connectivity index (χ0) is 17.6.